The van der Waals surface area contributed by atoms with Crippen LogP contribution in [0.3, 0.4) is 0 Å². The lowest BCUT2D eigenvalue weighted by atomic mass is 10.0. The average molecular weight is 348 g/mol. The van der Waals surface area contributed by atoms with Gasteiger partial charge in [0, 0.05) is 16.3 Å². The highest BCUT2D eigenvalue weighted by Crippen LogP contribution is 2.27. The molecule has 5 heteroatoms. The third-order valence-electron chi connectivity index (χ3n) is 3.97. The lowest BCUT2D eigenvalue weighted by Gasteiger charge is -2.03. The average Bonchev–Trinajstić information content (AvgIpc) is 3.11. The van der Waals surface area contributed by atoms with E-state index in [4.69, 9.17) is 11.6 Å². The van der Waals surface area contributed by atoms with Crippen molar-refractivity contribution in [1.29, 1.82) is 0 Å². The second-order valence-electron chi connectivity index (χ2n) is 5.66. The molecule has 25 heavy (non-hydrogen) atoms. The van der Waals surface area contributed by atoms with Crippen molar-refractivity contribution < 1.29 is 4.79 Å². The molecule has 0 fully saturated rings. The third kappa shape index (κ3) is 3.12. The van der Waals surface area contributed by atoms with E-state index in [0.717, 1.165) is 22.0 Å². The van der Waals surface area contributed by atoms with Gasteiger partial charge >= 0.3 is 0 Å². The number of halogens is 1. The Kier molecular flexibility index (Phi) is 3.96. The fraction of sp³-hybridized carbons (Fsp3) is 0. The first-order valence-corrected chi connectivity index (χ1v) is 8.19. The Morgan fingerprint density at radius 3 is 2.64 bits per heavy atom. The summed E-state index contributed by atoms with van der Waals surface area (Å²) < 4.78 is 0. The van der Waals surface area contributed by atoms with Gasteiger partial charge in [-0.2, -0.15) is 5.10 Å². The highest BCUT2D eigenvalue weighted by Gasteiger charge is 2.13. The van der Waals surface area contributed by atoms with Crippen LogP contribution in [0.1, 0.15) is 10.5 Å². The quantitative estimate of drug-likeness (QED) is 0.539. The van der Waals surface area contributed by atoms with Gasteiger partial charge in [0.05, 0.1) is 5.69 Å². The van der Waals surface area contributed by atoms with E-state index in [2.05, 4.69) is 27.6 Å². The zero-order valence-corrected chi connectivity index (χ0v) is 13.9. The molecule has 1 aromatic heterocycles. The molecule has 0 saturated heterocycles. The number of carbonyl (C=O) groups excluding carboxylic acids is 1. The number of carbonyl (C=O) groups is 1. The summed E-state index contributed by atoms with van der Waals surface area (Å²) in [5, 5.41) is 12.7. The zero-order valence-electron chi connectivity index (χ0n) is 13.2. The smallest absolute Gasteiger partial charge is 0.273 e. The summed E-state index contributed by atoms with van der Waals surface area (Å²) in [6, 6.07) is 22.9. The number of hydrogen-bond acceptors (Lipinski definition) is 2. The molecule has 1 amide bonds. The number of rotatable bonds is 3. The van der Waals surface area contributed by atoms with Gasteiger partial charge in [-0.05, 0) is 35.0 Å². The molecule has 4 aromatic rings. The van der Waals surface area contributed by atoms with Gasteiger partial charge in [-0.1, -0.05) is 60.1 Å². The van der Waals surface area contributed by atoms with Gasteiger partial charge in [0.25, 0.3) is 5.91 Å². The summed E-state index contributed by atoms with van der Waals surface area (Å²) in [7, 11) is 0. The molecule has 0 aliphatic rings. The molecular weight excluding hydrogens is 334 g/mol. The van der Waals surface area contributed by atoms with E-state index < -0.39 is 0 Å². The summed E-state index contributed by atoms with van der Waals surface area (Å²) in [5.41, 5.74) is 2.74. The van der Waals surface area contributed by atoms with Crippen molar-refractivity contribution in [2.75, 3.05) is 5.32 Å². The topological polar surface area (TPSA) is 57.8 Å². The molecule has 4 nitrogen and oxygen atoms in total. The number of nitrogens with one attached hydrogen (secondary N) is 2. The fourth-order valence-corrected chi connectivity index (χ4v) is 2.98. The number of hydrogen-bond donors (Lipinski definition) is 2. The van der Waals surface area contributed by atoms with Crippen molar-refractivity contribution >= 4 is 34.0 Å². The van der Waals surface area contributed by atoms with Crippen LogP contribution in [0.15, 0.2) is 72.8 Å². The van der Waals surface area contributed by atoms with Crippen LogP contribution in [0.2, 0.25) is 5.02 Å². The van der Waals surface area contributed by atoms with E-state index in [1.165, 1.54) is 0 Å². The van der Waals surface area contributed by atoms with E-state index in [1.807, 2.05) is 30.3 Å². The number of nitrogens with zero attached hydrogens (tertiary/aromatic N) is 1. The van der Waals surface area contributed by atoms with Gasteiger partial charge in [-0.25, -0.2) is 0 Å². The Bertz CT molecular complexity index is 1070. The Balaban J connectivity index is 1.64. The predicted molar refractivity (Wildman–Crippen MR) is 101 cm³/mol. The van der Waals surface area contributed by atoms with E-state index in [-0.39, 0.29) is 5.91 Å². The van der Waals surface area contributed by atoms with Crippen LogP contribution in [0.25, 0.3) is 22.0 Å². The van der Waals surface area contributed by atoms with Gasteiger partial charge < -0.3 is 5.32 Å². The number of aromatic nitrogens is 2. The number of aromatic amines is 1. The molecule has 3 aromatic carbocycles. The molecule has 1 heterocycles. The van der Waals surface area contributed by atoms with Gasteiger partial charge in [0.1, 0.15) is 5.69 Å². The highest BCUT2D eigenvalue weighted by atomic mass is 35.5. The minimum absolute atomic E-state index is 0.263. The van der Waals surface area contributed by atoms with Crippen LogP contribution >= 0.6 is 11.6 Å². The third-order valence-corrected chi connectivity index (χ3v) is 4.21. The van der Waals surface area contributed by atoms with Crippen LogP contribution in [-0.2, 0) is 0 Å². The Hall–Kier alpha value is -3.11. The molecular formula is C20H14ClN3O. The maximum absolute atomic E-state index is 12.4. The summed E-state index contributed by atoms with van der Waals surface area (Å²) in [4.78, 5) is 12.4. The Labute approximate surface area is 149 Å². The lowest BCUT2D eigenvalue weighted by Crippen LogP contribution is -2.12. The molecule has 2 N–H and O–H groups in total. The molecule has 0 atom stereocenters. The zero-order chi connectivity index (χ0) is 17.2. The second kappa shape index (κ2) is 6.42. The van der Waals surface area contributed by atoms with Gasteiger partial charge in [0.15, 0.2) is 0 Å². The SMILES string of the molecule is O=C(Nc1cccc(Cl)c1)c1cc(-c2cccc3ccccc23)n[nH]1. The summed E-state index contributed by atoms with van der Waals surface area (Å²) in [6.45, 7) is 0. The monoisotopic (exact) mass is 347 g/mol. The van der Waals surface area contributed by atoms with E-state index in [9.17, 15) is 4.79 Å². The number of benzene rings is 3. The maximum atomic E-state index is 12.4. The van der Waals surface area contributed by atoms with Gasteiger partial charge in [-0.3, -0.25) is 9.89 Å². The summed E-state index contributed by atoms with van der Waals surface area (Å²) in [5.74, 6) is -0.263. The molecule has 122 valence electrons. The number of amides is 1. The second-order valence-corrected chi connectivity index (χ2v) is 6.09. The van der Waals surface area contributed by atoms with Crippen LogP contribution < -0.4 is 5.32 Å². The summed E-state index contributed by atoms with van der Waals surface area (Å²) >= 11 is 5.94. The van der Waals surface area contributed by atoms with E-state index in [1.54, 1.807) is 30.3 Å². The van der Waals surface area contributed by atoms with Crippen molar-refractivity contribution in [2.45, 2.75) is 0 Å². The molecule has 0 unspecified atom stereocenters. The molecule has 0 spiro atoms. The maximum Gasteiger partial charge on any atom is 0.273 e. The van der Waals surface area contributed by atoms with Gasteiger partial charge in [-0.15, -0.1) is 0 Å². The van der Waals surface area contributed by atoms with Crippen LogP contribution in [0.4, 0.5) is 5.69 Å². The molecule has 0 aliphatic heterocycles. The largest absolute Gasteiger partial charge is 0.321 e. The minimum Gasteiger partial charge on any atom is -0.321 e. The molecule has 0 saturated carbocycles. The van der Waals surface area contributed by atoms with Gasteiger partial charge in [0.2, 0.25) is 0 Å². The van der Waals surface area contributed by atoms with Crippen LogP contribution in [0.5, 0.6) is 0 Å². The van der Waals surface area contributed by atoms with Crippen molar-refractivity contribution in [3.63, 3.8) is 0 Å². The lowest BCUT2D eigenvalue weighted by molar-refractivity contribution is 0.102. The number of H-pyrrole nitrogens is 1. The molecule has 0 aliphatic carbocycles. The highest BCUT2D eigenvalue weighted by molar-refractivity contribution is 6.31. The van der Waals surface area contributed by atoms with Crippen molar-refractivity contribution in [2.24, 2.45) is 0 Å². The Morgan fingerprint density at radius 2 is 1.76 bits per heavy atom. The minimum atomic E-state index is -0.263. The van der Waals surface area contributed by atoms with Crippen molar-refractivity contribution in [3.05, 3.63) is 83.5 Å². The van der Waals surface area contributed by atoms with Crippen molar-refractivity contribution in [3.8, 4) is 11.3 Å². The predicted octanol–water partition coefficient (Wildman–Crippen LogP) is 5.14. The number of fused-ring (bicyclic) bond motifs is 1. The standard InChI is InChI=1S/C20H14ClN3O/c21-14-7-4-8-15(11-14)22-20(25)19-12-18(23-24-19)17-10-3-6-13-5-1-2-9-16(13)17/h1-12H,(H,22,25)(H,23,24). The van der Waals surface area contributed by atoms with E-state index >= 15 is 0 Å². The first kappa shape index (κ1) is 15.4. The molecule has 0 bridgehead atoms. The first-order chi connectivity index (χ1) is 12.2. The fourth-order valence-electron chi connectivity index (χ4n) is 2.79. The van der Waals surface area contributed by atoms with Crippen LogP contribution in [0, 0.1) is 0 Å². The van der Waals surface area contributed by atoms with Crippen LogP contribution in [-0.4, -0.2) is 16.1 Å². The summed E-state index contributed by atoms with van der Waals surface area (Å²) in [6.07, 6.45) is 0. The van der Waals surface area contributed by atoms with E-state index in [0.29, 0.717) is 16.4 Å². The molecule has 4 rings (SSSR count). The first-order valence-electron chi connectivity index (χ1n) is 7.81. The van der Waals surface area contributed by atoms with Crippen molar-refractivity contribution in [1.82, 2.24) is 10.2 Å². The normalized spacial score (nSPS) is 10.8. The number of anilines is 1. The molecule has 0 radical (unpaired) electrons. The Morgan fingerprint density at radius 1 is 0.960 bits per heavy atom.